The maximum atomic E-state index is 11.7. The first-order chi connectivity index (χ1) is 8.00. The second kappa shape index (κ2) is 6.55. The number of rotatable bonds is 5. The molecule has 4 heteroatoms. The normalized spacial score (nSPS) is 17.5. The lowest BCUT2D eigenvalue weighted by molar-refractivity contribution is -0.143. The topological polar surface area (TPSA) is 49.4 Å². The van der Waals surface area contributed by atoms with Gasteiger partial charge in [-0.05, 0) is 18.4 Å². The molecule has 0 aliphatic carbocycles. The fraction of sp³-hybridized carbons (Fsp3) is 0.692. The Balaban J connectivity index is 2.49. The molecule has 1 rings (SSSR count). The van der Waals surface area contributed by atoms with E-state index in [1.54, 1.807) is 0 Å². The summed E-state index contributed by atoms with van der Waals surface area (Å²) < 4.78 is 0. The summed E-state index contributed by atoms with van der Waals surface area (Å²) in [7, 11) is 0. The highest BCUT2D eigenvalue weighted by atomic mass is 16.2. The molecule has 0 saturated carbocycles. The highest BCUT2D eigenvalue weighted by Gasteiger charge is 2.24. The third kappa shape index (κ3) is 4.69. The summed E-state index contributed by atoms with van der Waals surface area (Å²) in [5, 5.41) is 3.23. The third-order valence-electron chi connectivity index (χ3n) is 2.78. The number of carbonyl (C=O) groups is 2. The molecule has 1 fully saturated rings. The molecule has 1 N–H and O–H groups in total. The molecule has 0 spiro atoms. The van der Waals surface area contributed by atoms with Crippen molar-refractivity contribution in [2.24, 2.45) is 0 Å². The van der Waals surface area contributed by atoms with Gasteiger partial charge in [0.2, 0.25) is 11.8 Å². The lowest BCUT2D eigenvalue weighted by Crippen LogP contribution is -2.38. The number of hydrogen-bond donors (Lipinski definition) is 1. The molecule has 0 aromatic heterocycles. The van der Waals surface area contributed by atoms with Gasteiger partial charge in [0.05, 0.1) is 6.54 Å². The SMILES string of the molecule is C=C(CNC(C)C)CN1C(=O)CCCCC1=O. The van der Waals surface area contributed by atoms with E-state index >= 15 is 0 Å². The van der Waals surface area contributed by atoms with Gasteiger partial charge in [-0.3, -0.25) is 14.5 Å². The maximum Gasteiger partial charge on any atom is 0.229 e. The van der Waals surface area contributed by atoms with Gasteiger partial charge >= 0.3 is 0 Å². The Morgan fingerprint density at radius 1 is 1.29 bits per heavy atom. The zero-order valence-corrected chi connectivity index (χ0v) is 10.8. The van der Waals surface area contributed by atoms with Crippen molar-refractivity contribution in [1.29, 1.82) is 0 Å². The van der Waals surface area contributed by atoms with E-state index in [2.05, 4.69) is 25.7 Å². The number of carbonyl (C=O) groups excluding carboxylic acids is 2. The van der Waals surface area contributed by atoms with Crippen molar-refractivity contribution >= 4 is 11.8 Å². The lowest BCUT2D eigenvalue weighted by atomic mass is 10.2. The quantitative estimate of drug-likeness (QED) is 0.583. The van der Waals surface area contributed by atoms with Crippen molar-refractivity contribution in [3.63, 3.8) is 0 Å². The van der Waals surface area contributed by atoms with E-state index in [-0.39, 0.29) is 11.8 Å². The summed E-state index contributed by atoms with van der Waals surface area (Å²) in [5.41, 5.74) is 0.877. The molecule has 0 aromatic rings. The predicted octanol–water partition coefficient (Wildman–Crippen LogP) is 1.47. The van der Waals surface area contributed by atoms with Crippen molar-refractivity contribution in [3.8, 4) is 0 Å². The minimum Gasteiger partial charge on any atom is -0.311 e. The van der Waals surface area contributed by atoms with Gasteiger partial charge < -0.3 is 5.32 Å². The molecule has 0 radical (unpaired) electrons. The molecular weight excluding hydrogens is 216 g/mol. The van der Waals surface area contributed by atoms with Crippen LogP contribution in [0.5, 0.6) is 0 Å². The molecule has 1 aliphatic rings. The zero-order valence-electron chi connectivity index (χ0n) is 10.8. The number of hydrogen-bond acceptors (Lipinski definition) is 3. The zero-order chi connectivity index (χ0) is 12.8. The standard InChI is InChI=1S/C13H22N2O2/c1-10(2)14-8-11(3)9-15-12(16)6-4-5-7-13(15)17/h10,14H,3-9H2,1-2H3. The van der Waals surface area contributed by atoms with Crippen molar-refractivity contribution in [2.45, 2.75) is 45.6 Å². The van der Waals surface area contributed by atoms with Gasteiger partial charge in [-0.2, -0.15) is 0 Å². The molecule has 17 heavy (non-hydrogen) atoms. The molecule has 1 heterocycles. The third-order valence-corrected chi connectivity index (χ3v) is 2.78. The predicted molar refractivity (Wildman–Crippen MR) is 67.5 cm³/mol. The van der Waals surface area contributed by atoms with E-state index in [0.717, 1.165) is 18.4 Å². The van der Waals surface area contributed by atoms with Crippen LogP contribution in [-0.4, -0.2) is 35.8 Å². The Morgan fingerprint density at radius 2 is 1.82 bits per heavy atom. The van der Waals surface area contributed by atoms with E-state index in [9.17, 15) is 9.59 Å². The minimum absolute atomic E-state index is 0.0572. The average molecular weight is 238 g/mol. The fourth-order valence-electron chi connectivity index (χ4n) is 1.77. The molecule has 96 valence electrons. The summed E-state index contributed by atoms with van der Waals surface area (Å²) in [4.78, 5) is 24.8. The fourth-order valence-corrected chi connectivity index (χ4v) is 1.77. The smallest absolute Gasteiger partial charge is 0.229 e. The highest BCUT2D eigenvalue weighted by Crippen LogP contribution is 2.13. The largest absolute Gasteiger partial charge is 0.311 e. The van der Waals surface area contributed by atoms with Gasteiger partial charge in [0.15, 0.2) is 0 Å². The van der Waals surface area contributed by atoms with Crippen LogP contribution in [0.2, 0.25) is 0 Å². The first-order valence-corrected chi connectivity index (χ1v) is 6.24. The van der Waals surface area contributed by atoms with Crippen LogP contribution in [0.3, 0.4) is 0 Å². The number of nitrogens with one attached hydrogen (secondary N) is 1. The Kier molecular flexibility index (Phi) is 5.35. The Bertz CT molecular complexity index is 293. The van der Waals surface area contributed by atoms with Crippen LogP contribution in [0.15, 0.2) is 12.2 Å². The second-order valence-electron chi connectivity index (χ2n) is 4.87. The number of amides is 2. The Labute approximate surface area is 103 Å². The summed E-state index contributed by atoms with van der Waals surface area (Å²) >= 11 is 0. The van der Waals surface area contributed by atoms with E-state index < -0.39 is 0 Å². The van der Waals surface area contributed by atoms with Crippen LogP contribution in [-0.2, 0) is 9.59 Å². The van der Waals surface area contributed by atoms with Crippen LogP contribution in [0.4, 0.5) is 0 Å². The van der Waals surface area contributed by atoms with Crippen molar-refractivity contribution in [3.05, 3.63) is 12.2 Å². The highest BCUT2D eigenvalue weighted by molar-refractivity contribution is 5.96. The summed E-state index contributed by atoms with van der Waals surface area (Å²) in [6, 6.07) is 0.377. The molecule has 1 saturated heterocycles. The Hall–Kier alpha value is -1.16. The molecule has 1 aliphatic heterocycles. The Morgan fingerprint density at radius 3 is 2.29 bits per heavy atom. The summed E-state index contributed by atoms with van der Waals surface area (Å²) in [5.74, 6) is -0.114. The van der Waals surface area contributed by atoms with E-state index in [1.165, 1.54) is 4.90 Å². The van der Waals surface area contributed by atoms with E-state index in [4.69, 9.17) is 0 Å². The first-order valence-electron chi connectivity index (χ1n) is 6.24. The van der Waals surface area contributed by atoms with Crippen LogP contribution in [0.1, 0.15) is 39.5 Å². The number of imide groups is 1. The van der Waals surface area contributed by atoms with Crippen LogP contribution >= 0.6 is 0 Å². The van der Waals surface area contributed by atoms with E-state index in [0.29, 0.717) is 32.0 Å². The van der Waals surface area contributed by atoms with E-state index in [1.807, 2.05) is 0 Å². The van der Waals surface area contributed by atoms with Crippen LogP contribution in [0.25, 0.3) is 0 Å². The van der Waals surface area contributed by atoms with Crippen molar-refractivity contribution in [1.82, 2.24) is 10.2 Å². The lowest BCUT2D eigenvalue weighted by Gasteiger charge is -2.20. The molecule has 0 atom stereocenters. The summed E-state index contributed by atoms with van der Waals surface area (Å²) in [6.45, 7) is 9.02. The van der Waals surface area contributed by atoms with Gasteiger partial charge in [-0.1, -0.05) is 20.4 Å². The van der Waals surface area contributed by atoms with Gasteiger partial charge in [0.1, 0.15) is 0 Å². The number of nitrogens with zero attached hydrogens (tertiary/aromatic N) is 1. The first kappa shape index (κ1) is 13.9. The minimum atomic E-state index is -0.0572. The van der Waals surface area contributed by atoms with Crippen molar-refractivity contribution < 1.29 is 9.59 Å². The molecule has 0 bridgehead atoms. The molecular formula is C13H22N2O2. The van der Waals surface area contributed by atoms with Gasteiger partial charge in [-0.15, -0.1) is 0 Å². The maximum absolute atomic E-state index is 11.7. The van der Waals surface area contributed by atoms with Gasteiger partial charge in [0, 0.05) is 25.4 Å². The summed E-state index contributed by atoms with van der Waals surface area (Å²) in [6.07, 6.45) is 2.60. The van der Waals surface area contributed by atoms with Gasteiger partial charge in [0.25, 0.3) is 0 Å². The molecule has 2 amide bonds. The molecule has 0 aromatic carbocycles. The van der Waals surface area contributed by atoms with Crippen LogP contribution in [0, 0.1) is 0 Å². The van der Waals surface area contributed by atoms with Crippen LogP contribution < -0.4 is 5.32 Å². The molecule has 4 nitrogen and oxygen atoms in total. The van der Waals surface area contributed by atoms with Gasteiger partial charge in [-0.25, -0.2) is 0 Å². The average Bonchev–Trinajstić information content (AvgIpc) is 2.41. The van der Waals surface area contributed by atoms with Crippen molar-refractivity contribution in [2.75, 3.05) is 13.1 Å². The monoisotopic (exact) mass is 238 g/mol. The molecule has 0 unspecified atom stereocenters. The second-order valence-corrected chi connectivity index (χ2v) is 4.87. The number of likely N-dealkylation sites (tertiary alicyclic amines) is 1.